The molecular weight excluding hydrogens is 716 g/mol. The number of carbonyl (C=O) groups excluding carboxylic acids is 2. The number of amides is 2. The number of aliphatic hydroxyl groups excluding tert-OH is 2. The quantitative estimate of drug-likeness (QED) is 0.0148. The number of hydrogen-bond acceptors (Lipinski definition) is 16. The molecule has 51 heavy (non-hydrogen) atoms. The smallest absolute Gasteiger partial charge is 0.351 e. The number of nitrogens with zero attached hydrogens (tertiary/aromatic N) is 5. The summed E-state index contributed by atoms with van der Waals surface area (Å²) in [6.07, 6.45) is 2.20. The van der Waals surface area contributed by atoms with Gasteiger partial charge in [-0.05, 0) is 44.5 Å². The van der Waals surface area contributed by atoms with E-state index in [1.165, 1.54) is 19.2 Å². The van der Waals surface area contributed by atoms with E-state index in [1.54, 1.807) is 24.3 Å². The van der Waals surface area contributed by atoms with Crippen LogP contribution in [0.15, 0.2) is 47.2 Å². The molecular formula is C29H38N8O12S2. The Morgan fingerprint density at radius 2 is 1.96 bits per heavy atom. The highest BCUT2D eigenvalue weighted by atomic mass is 32.3. The molecule has 0 radical (unpaired) electrons. The topological polar surface area (TPSA) is 284 Å². The van der Waals surface area contributed by atoms with E-state index < -0.39 is 64.3 Å². The molecule has 0 spiro atoms. The number of aliphatic carboxylic acids is 1. The van der Waals surface area contributed by atoms with Crippen molar-refractivity contribution >= 4 is 50.4 Å². The standard InChI is InChI=1S/C29H38N8O12S2/c1-29(2)24(26(41)37(29)49-51(44,45)46)33-25(40)23(21-16-50-28(30)32-21)34-48-22(27(42)43)15-47-20-7-5-17(6-8-20)18-12-35(3)36(13-18)10-4-9-31-11-19(39)14-38/h5-8,12-13,16,19,22,24,31,38-39H,4,9-11,14-15H2,1-3H3,(H4-,30,32,33,40,42,43,44,45,46)/b34-23+/t19-,22-,24+/m0/s1. The minimum absolute atomic E-state index is 0.0433. The van der Waals surface area contributed by atoms with Crippen molar-refractivity contribution in [3.05, 3.63) is 47.7 Å². The van der Waals surface area contributed by atoms with Crippen LogP contribution in [0.4, 0.5) is 5.13 Å². The number of anilines is 1. The SMILES string of the molecule is C[n+]1cc(-c2ccc(OC[C@H](O/N=C(/C(=O)N[C@@H]3C(=O)N(OS(=O)(=O)[O-])C3(C)C)c3csc(N)n3)C(=O)O)cc2)cn1CCCNC[C@H](O)CO. The zero-order valence-corrected chi connectivity index (χ0v) is 29.3. The fourth-order valence-corrected chi connectivity index (χ4v) is 5.82. The van der Waals surface area contributed by atoms with Crippen LogP contribution < -0.4 is 25.8 Å². The number of hydroxylamine groups is 2. The van der Waals surface area contributed by atoms with Crippen molar-refractivity contribution in [2.45, 2.75) is 50.6 Å². The third-order valence-electron chi connectivity index (χ3n) is 7.58. The lowest BCUT2D eigenvalue weighted by atomic mass is 9.84. The summed E-state index contributed by atoms with van der Waals surface area (Å²) in [6.45, 7) is 3.51. The van der Waals surface area contributed by atoms with Gasteiger partial charge in [0.2, 0.25) is 16.6 Å². The van der Waals surface area contributed by atoms with E-state index in [9.17, 15) is 37.6 Å². The summed E-state index contributed by atoms with van der Waals surface area (Å²) in [7, 11) is -3.38. The monoisotopic (exact) mass is 754 g/mol. The van der Waals surface area contributed by atoms with Gasteiger partial charge in [0.05, 0.1) is 36.6 Å². The number of nitrogens with one attached hydrogen (secondary N) is 2. The first kappa shape index (κ1) is 39.1. The lowest BCUT2D eigenvalue weighted by Gasteiger charge is -2.51. The molecule has 1 aliphatic rings. The van der Waals surface area contributed by atoms with Crippen molar-refractivity contribution in [2.75, 3.05) is 32.0 Å². The molecule has 2 amide bonds. The molecule has 1 aliphatic heterocycles. The number of carboxylic acids is 1. The number of β-lactam (4-membered cyclic amide) rings is 1. The van der Waals surface area contributed by atoms with E-state index in [-0.39, 0.29) is 17.4 Å². The minimum atomic E-state index is -5.28. The van der Waals surface area contributed by atoms with E-state index >= 15 is 0 Å². The number of benzene rings is 1. The van der Waals surface area contributed by atoms with Gasteiger partial charge in [0.25, 0.3) is 17.9 Å². The van der Waals surface area contributed by atoms with Crippen molar-refractivity contribution in [1.29, 1.82) is 0 Å². The van der Waals surface area contributed by atoms with E-state index in [2.05, 4.69) is 25.1 Å². The van der Waals surface area contributed by atoms with Gasteiger partial charge in [-0.25, -0.2) is 18.2 Å². The number of ether oxygens (including phenoxy) is 1. The lowest BCUT2D eigenvalue weighted by molar-refractivity contribution is -0.753. The Kier molecular flexibility index (Phi) is 12.7. The lowest BCUT2D eigenvalue weighted by Crippen LogP contribution is -2.76. The molecule has 3 heterocycles. The Hall–Kier alpha value is -4.71. The van der Waals surface area contributed by atoms with Crippen LogP contribution in [-0.4, -0.2) is 117 Å². The molecule has 4 rings (SSSR count). The fourth-order valence-electron chi connectivity index (χ4n) is 4.83. The molecule has 1 fully saturated rings. The van der Waals surface area contributed by atoms with Crippen molar-refractivity contribution in [1.82, 2.24) is 25.4 Å². The van der Waals surface area contributed by atoms with Crippen LogP contribution in [0.1, 0.15) is 26.0 Å². The summed E-state index contributed by atoms with van der Waals surface area (Å²) in [5, 5.41) is 38.9. The third kappa shape index (κ3) is 10.2. The average Bonchev–Trinajstić information content (AvgIpc) is 3.67. The first-order chi connectivity index (χ1) is 24.0. The summed E-state index contributed by atoms with van der Waals surface area (Å²) >= 11 is 0.945. The molecule has 0 bridgehead atoms. The zero-order valence-electron chi connectivity index (χ0n) is 27.7. The number of aromatic nitrogens is 3. The molecule has 2 aromatic heterocycles. The van der Waals surface area contributed by atoms with Gasteiger partial charge in [-0.3, -0.25) is 9.59 Å². The van der Waals surface area contributed by atoms with Crippen molar-refractivity contribution in [2.24, 2.45) is 12.2 Å². The Balaban J connectivity index is 1.38. The van der Waals surface area contributed by atoms with Crippen LogP contribution in [0.5, 0.6) is 5.75 Å². The number of aliphatic hydroxyl groups is 2. The van der Waals surface area contributed by atoms with Gasteiger partial charge in [0.1, 0.15) is 24.1 Å². The predicted octanol–water partition coefficient (Wildman–Crippen LogP) is -1.90. The second-order valence-corrected chi connectivity index (χ2v) is 13.7. The maximum Gasteiger partial charge on any atom is 0.351 e. The van der Waals surface area contributed by atoms with Crippen LogP contribution in [-0.2, 0) is 47.5 Å². The molecule has 22 heteroatoms. The van der Waals surface area contributed by atoms with Crippen LogP contribution in [0, 0.1) is 0 Å². The molecule has 3 atom stereocenters. The molecule has 3 aromatic rings. The number of hydrogen-bond donors (Lipinski definition) is 6. The van der Waals surface area contributed by atoms with Gasteiger partial charge >= 0.3 is 5.97 Å². The number of nitrogen functional groups attached to an aromatic ring is 1. The van der Waals surface area contributed by atoms with Gasteiger partial charge in [-0.15, -0.1) is 16.0 Å². The van der Waals surface area contributed by atoms with E-state index in [1.807, 2.05) is 28.8 Å². The second-order valence-electron chi connectivity index (χ2n) is 11.8. The average molecular weight is 755 g/mol. The van der Waals surface area contributed by atoms with E-state index in [4.69, 9.17) is 20.4 Å². The number of carboxylic acid groups (broad SMARTS) is 1. The minimum Gasteiger partial charge on any atom is -0.724 e. The van der Waals surface area contributed by atoms with Gasteiger partial charge < -0.3 is 45.8 Å². The van der Waals surface area contributed by atoms with Gasteiger partial charge in [0.15, 0.2) is 17.9 Å². The Labute approximate surface area is 295 Å². The van der Waals surface area contributed by atoms with Crippen LogP contribution in [0.25, 0.3) is 11.1 Å². The molecule has 20 nitrogen and oxygen atoms in total. The van der Waals surface area contributed by atoms with Gasteiger partial charge in [-0.1, -0.05) is 17.3 Å². The maximum atomic E-state index is 13.2. The summed E-state index contributed by atoms with van der Waals surface area (Å²) in [6, 6.07) is 5.50. The highest BCUT2D eigenvalue weighted by molar-refractivity contribution is 7.80. The number of thiazole rings is 1. The Bertz CT molecular complexity index is 1840. The van der Waals surface area contributed by atoms with Crippen LogP contribution >= 0.6 is 11.3 Å². The maximum absolute atomic E-state index is 13.2. The number of rotatable bonds is 19. The first-order valence-corrected chi connectivity index (χ1v) is 17.5. The second kappa shape index (κ2) is 16.5. The van der Waals surface area contributed by atoms with Gasteiger partial charge in [0, 0.05) is 11.9 Å². The van der Waals surface area contributed by atoms with Crippen molar-refractivity contribution in [3.63, 3.8) is 0 Å². The number of nitrogens with two attached hydrogens (primary N) is 1. The van der Waals surface area contributed by atoms with E-state index in [0.29, 0.717) is 30.4 Å². The highest BCUT2D eigenvalue weighted by Crippen LogP contribution is 2.33. The predicted molar refractivity (Wildman–Crippen MR) is 176 cm³/mol. The largest absolute Gasteiger partial charge is 0.724 e. The Morgan fingerprint density at radius 1 is 1.25 bits per heavy atom. The third-order valence-corrected chi connectivity index (χ3v) is 8.59. The van der Waals surface area contributed by atoms with Gasteiger partial charge in [-0.2, -0.15) is 14.0 Å². The highest BCUT2D eigenvalue weighted by Gasteiger charge is 2.57. The van der Waals surface area contributed by atoms with Crippen molar-refractivity contribution in [3.8, 4) is 16.9 Å². The van der Waals surface area contributed by atoms with Crippen LogP contribution in [0.3, 0.4) is 0 Å². The molecule has 0 aliphatic carbocycles. The zero-order chi connectivity index (χ0) is 37.5. The molecule has 1 aromatic carbocycles. The number of aryl methyl sites for hydroxylation is 2. The summed E-state index contributed by atoms with van der Waals surface area (Å²) < 4.78 is 46.8. The summed E-state index contributed by atoms with van der Waals surface area (Å²) in [5.41, 5.74) is 5.36. The first-order valence-electron chi connectivity index (χ1n) is 15.3. The van der Waals surface area contributed by atoms with E-state index in [0.717, 1.165) is 28.9 Å². The van der Waals surface area contributed by atoms with Crippen LogP contribution in [0.2, 0.25) is 0 Å². The molecule has 278 valence electrons. The normalized spacial score (nSPS) is 17.1. The number of carbonyl (C=O) groups is 3. The summed E-state index contributed by atoms with van der Waals surface area (Å²) in [4.78, 5) is 46.9. The molecule has 0 saturated carbocycles. The molecule has 7 N–H and O–H groups in total. The Morgan fingerprint density at radius 3 is 2.55 bits per heavy atom. The number of oxime groups is 1. The molecule has 0 unspecified atom stereocenters. The summed E-state index contributed by atoms with van der Waals surface area (Å²) in [5.74, 6) is -3.24. The van der Waals surface area contributed by atoms with Crippen molar-refractivity contribution < 1.29 is 61.2 Å². The fraction of sp³-hybridized carbons (Fsp3) is 0.448. The molecule has 1 saturated heterocycles.